The molecule has 8 heteroatoms. The van der Waals surface area contributed by atoms with Gasteiger partial charge in [-0.3, -0.25) is 4.79 Å². The highest BCUT2D eigenvalue weighted by Crippen LogP contribution is 2.36. The Labute approximate surface area is 168 Å². The summed E-state index contributed by atoms with van der Waals surface area (Å²) in [5.41, 5.74) is 2.03. The van der Waals surface area contributed by atoms with Gasteiger partial charge in [0.15, 0.2) is 0 Å². The third-order valence-corrected chi connectivity index (χ3v) is 4.61. The molecule has 29 heavy (non-hydrogen) atoms. The van der Waals surface area contributed by atoms with Crippen molar-refractivity contribution in [3.8, 4) is 17.2 Å². The van der Waals surface area contributed by atoms with Crippen molar-refractivity contribution in [3.63, 3.8) is 0 Å². The Morgan fingerprint density at radius 2 is 1.62 bits per heavy atom. The molecule has 0 saturated heterocycles. The minimum Gasteiger partial charge on any atom is -0.497 e. The summed E-state index contributed by atoms with van der Waals surface area (Å²) in [4.78, 5) is 25.2. The first-order valence-corrected chi connectivity index (χ1v) is 8.92. The molecule has 0 spiro atoms. The molecule has 0 fully saturated rings. The maximum atomic E-state index is 13.1. The van der Waals surface area contributed by atoms with E-state index in [0.29, 0.717) is 39.8 Å². The van der Waals surface area contributed by atoms with Gasteiger partial charge in [0.2, 0.25) is 0 Å². The van der Waals surface area contributed by atoms with Gasteiger partial charge in [0.05, 0.1) is 32.9 Å². The highest BCUT2D eigenvalue weighted by Gasteiger charge is 2.33. The van der Waals surface area contributed by atoms with E-state index in [1.54, 1.807) is 63.6 Å². The van der Waals surface area contributed by atoms with Gasteiger partial charge in [0, 0.05) is 16.9 Å². The van der Waals surface area contributed by atoms with Gasteiger partial charge in [-0.1, -0.05) is 0 Å². The van der Waals surface area contributed by atoms with Crippen LogP contribution in [0.4, 0.5) is 10.5 Å². The zero-order chi connectivity index (χ0) is 21.0. The quantitative estimate of drug-likeness (QED) is 0.696. The van der Waals surface area contributed by atoms with Gasteiger partial charge < -0.3 is 30.2 Å². The maximum Gasteiger partial charge on any atom is 0.319 e. The molecule has 1 heterocycles. The third-order valence-electron chi connectivity index (χ3n) is 4.61. The van der Waals surface area contributed by atoms with E-state index >= 15 is 0 Å². The molecular weight excluding hydrogens is 374 g/mol. The number of methoxy groups -OCH3 is 3. The molecule has 0 radical (unpaired) electrons. The number of hydrogen-bond acceptors (Lipinski definition) is 5. The van der Waals surface area contributed by atoms with Crippen LogP contribution in [0, 0.1) is 0 Å². The molecule has 3 N–H and O–H groups in total. The Morgan fingerprint density at radius 3 is 2.24 bits per heavy atom. The standard InChI is InChI=1S/C21H23N3O5/c1-12-18(20(25)23-13-5-7-14(27-2)8-6-13)19(24-21(26)22-12)16-11-15(28-3)9-10-17(16)29-4/h5-11,19H,1-4H3,(H,23,25)(H2,22,24,26). The average Bonchev–Trinajstić information content (AvgIpc) is 2.73. The number of rotatable bonds is 6. The van der Waals surface area contributed by atoms with Crippen LogP contribution in [0.3, 0.4) is 0 Å². The van der Waals surface area contributed by atoms with Crippen molar-refractivity contribution >= 4 is 17.6 Å². The molecule has 1 aliphatic heterocycles. The van der Waals surface area contributed by atoms with Crippen molar-refractivity contribution in [1.29, 1.82) is 0 Å². The van der Waals surface area contributed by atoms with E-state index in [0.717, 1.165) is 0 Å². The molecule has 1 unspecified atom stereocenters. The predicted octanol–water partition coefficient (Wildman–Crippen LogP) is 2.98. The molecule has 1 aliphatic rings. The number of anilines is 1. The van der Waals surface area contributed by atoms with Crippen LogP contribution in [0.1, 0.15) is 18.5 Å². The molecule has 152 valence electrons. The maximum absolute atomic E-state index is 13.1. The highest BCUT2D eigenvalue weighted by molar-refractivity contribution is 6.06. The Hall–Kier alpha value is -3.68. The molecule has 0 bridgehead atoms. The minimum absolute atomic E-state index is 0.352. The first-order chi connectivity index (χ1) is 14.0. The number of hydrogen-bond donors (Lipinski definition) is 3. The van der Waals surface area contributed by atoms with Crippen LogP contribution in [0.15, 0.2) is 53.7 Å². The normalized spacial score (nSPS) is 15.9. The molecule has 1 atom stereocenters. The number of allylic oxidation sites excluding steroid dienone is 1. The zero-order valence-electron chi connectivity index (χ0n) is 16.7. The van der Waals surface area contributed by atoms with Crippen molar-refractivity contribution in [2.24, 2.45) is 0 Å². The number of nitrogens with one attached hydrogen (secondary N) is 3. The molecule has 2 aromatic rings. The van der Waals surface area contributed by atoms with Crippen LogP contribution in [0.25, 0.3) is 0 Å². The van der Waals surface area contributed by atoms with Gasteiger partial charge in [-0.2, -0.15) is 0 Å². The first kappa shape index (κ1) is 20.1. The fourth-order valence-corrected chi connectivity index (χ4v) is 3.17. The van der Waals surface area contributed by atoms with E-state index in [1.807, 2.05) is 0 Å². The Kier molecular flexibility index (Phi) is 5.92. The van der Waals surface area contributed by atoms with Crippen LogP contribution >= 0.6 is 0 Å². The second-order valence-electron chi connectivity index (χ2n) is 6.36. The van der Waals surface area contributed by atoms with Crippen LogP contribution in [-0.4, -0.2) is 33.3 Å². The predicted molar refractivity (Wildman–Crippen MR) is 108 cm³/mol. The first-order valence-electron chi connectivity index (χ1n) is 8.92. The lowest BCUT2D eigenvalue weighted by atomic mass is 9.93. The molecule has 0 aliphatic carbocycles. The zero-order valence-corrected chi connectivity index (χ0v) is 16.7. The molecular formula is C21H23N3O5. The average molecular weight is 397 g/mol. The van der Waals surface area contributed by atoms with E-state index in [2.05, 4.69) is 16.0 Å². The summed E-state index contributed by atoms with van der Waals surface area (Å²) in [6.07, 6.45) is 0. The lowest BCUT2D eigenvalue weighted by molar-refractivity contribution is -0.113. The second kappa shape index (κ2) is 8.55. The topological polar surface area (TPSA) is 97.9 Å². The van der Waals surface area contributed by atoms with Gasteiger partial charge in [-0.25, -0.2) is 4.79 Å². The van der Waals surface area contributed by atoms with Crippen LogP contribution in [0.2, 0.25) is 0 Å². The molecule has 0 aromatic heterocycles. The monoisotopic (exact) mass is 397 g/mol. The van der Waals surface area contributed by atoms with Crippen LogP contribution in [0.5, 0.6) is 17.2 Å². The van der Waals surface area contributed by atoms with Gasteiger partial charge in [-0.15, -0.1) is 0 Å². The van der Waals surface area contributed by atoms with E-state index < -0.39 is 12.1 Å². The van der Waals surface area contributed by atoms with Gasteiger partial charge >= 0.3 is 6.03 Å². The summed E-state index contributed by atoms with van der Waals surface area (Å²) < 4.78 is 15.9. The number of urea groups is 1. The van der Waals surface area contributed by atoms with Crippen LogP contribution in [-0.2, 0) is 4.79 Å². The van der Waals surface area contributed by atoms with Crippen molar-refractivity contribution in [3.05, 3.63) is 59.3 Å². The van der Waals surface area contributed by atoms with E-state index in [9.17, 15) is 9.59 Å². The number of benzene rings is 2. The largest absolute Gasteiger partial charge is 0.497 e. The van der Waals surface area contributed by atoms with Crippen molar-refractivity contribution in [1.82, 2.24) is 10.6 Å². The Morgan fingerprint density at radius 1 is 0.966 bits per heavy atom. The summed E-state index contributed by atoms with van der Waals surface area (Å²) in [5, 5.41) is 8.31. The van der Waals surface area contributed by atoms with Crippen molar-refractivity contribution in [2.75, 3.05) is 26.6 Å². The summed E-state index contributed by atoms with van der Waals surface area (Å²) >= 11 is 0. The Bertz CT molecular complexity index is 953. The van der Waals surface area contributed by atoms with Gasteiger partial charge in [-0.05, 0) is 49.4 Å². The molecule has 2 aromatic carbocycles. The number of carbonyl (C=O) groups is 2. The molecule has 3 rings (SSSR count). The highest BCUT2D eigenvalue weighted by atomic mass is 16.5. The number of carbonyl (C=O) groups excluding carboxylic acids is 2. The SMILES string of the molecule is COc1ccc(NC(=O)C2=C(C)NC(=O)NC2c2cc(OC)ccc2OC)cc1. The molecule has 0 saturated carbocycles. The lowest BCUT2D eigenvalue weighted by Gasteiger charge is -2.29. The fourth-order valence-electron chi connectivity index (χ4n) is 3.17. The van der Waals surface area contributed by atoms with E-state index in [4.69, 9.17) is 14.2 Å². The summed E-state index contributed by atoms with van der Waals surface area (Å²) in [7, 11) is 4.65. The number of ether oxygens (including phenoxy) is 3. The lowest BCUT2D eigenvalue weighted by Crippen LogP contribution is -2.46. The van der Waals surface area contributed by atoms with Gasteiger partial charge in [0.25, 0.3) is 5.91 Å². The van der Waals surface area contributed by atoms with Gasteiger partial charge in [0.1, 0.15) is 17.2 Å². The van der Waals surface area contributed by atoms with E-state index in [-0.39, 0.29) is 5.91 Å². The third kappa shape index (κ3) is 4.26. The molecule has 3 amide bonds. The van der Waals surface area contributed by atoms with E-state index in [1.165, 1.54) is 7.11 Å². The second-order valence-corrected chi connectivity index (χ2v) is 6.36. The molecule has 8 nitrogen and oxygen atoms in total. The van der Waals surface area contributed by atoms with Crippen LogP contribution < -0.4 is 30.2 Å². The summed E-state index contributed by atoms with van der Waals surface area (Å²) in [6, 6.07) is 11.1. The number of amides is 3. The van der Waals surface area contributed by atoms with Crippen molar-refractivity contribution < 1.29 is 23.8 Å². The summed E-state index contributed by atoms with van der Waals surface area (Å²) in [5.74, 6) is 1.45. The summed E-state index contributed by atoms with van der Waals surface area (Å²) in [6.45, 7) is 1.68. The smallest absolute Gasteiger partial charge is 0.319 e. The Balaban J connectivity index is 1.98. The fraction of sp³-hybridized carbons (Fsp3) is 0.238. The minimum atomic E-state index is -0.716. The van der Waals surface area contributed by atoms with Crippen molar-refractivity contribution in [2.45, 2.75) is 13.0 Å².